The van der Waals surface area contributed by atoms with Crippen molar-refractivity contribution in [1.82, 2.24) is 9.78 Å². The molecule has 0 radical (unpaired) electrons. The predicted octanol–water partition coefficient (Wildman–Crippen LogP) is 3.07. The van der Waals surface area contributed by atoms with Crippen LogP contribution < -0.4 is 4.57 Å². The first kappa shape index (κ1) is 11.3. The smallest absolute Gasteiger partial charge is 0.234 e. The van der Waals surface area contributed by atoms with Crippen molar-refractivity contribution in [3.8, 4) is 5.69 Å². The molecule has 3 rings (SSSR count). The van der Waals surface area contributed by atoms with Crippen molar-refractivity contribution in [2.45, 2.75) is 19.4 Å². The van der Waals surface area contributed by atoms with Gasteiger partial charge in [0.15, 0.2) is 5.69 Å². The number of aryl methyl sites for hydroxylation is 2. The quantitative estimate of drug-likeness (QED) is 0.740. The Hall–Kier alpha value is -0.770. The Balaban J connectivity index is 2.15. The number of aromatic nitrogens is 3. The first-order valence-electron chi connectivity index (χ1n) is 5.28. The van der Waals surface area contributed by atoms with Crippen molar-refractivity contribution in [3.05, 3.63) is 39.4 Å². The van der Waals surface area contributed by atoms with Crippen LogP contribution in [0, 0.1) is 0 Å². The van der Waals surface area contributed by atoms with Gasteiger partial charge < -0.3 is 0 Å². The summed E-state index contributed by atoms with van der Waals surface area (Å²) in [6.45, 7) is 0.998. The van der Waals surface area contributed by atoms with Gasteiger partial charge in [-0.05, 0) is 18.6 Å². The van der Waals surface area contributed by atoms with Gasteiger partial charge in [0.25, 0.3) is 5.82 Å². The first-order chi connectivity index (χ1) is 8.15. The average molecular weight is 290 g/mol. The van der Waals surface area contributed by atoms with Crippen LogP contribution in [0.5, 0.6) is 0 Å². The minimum absolute atomic E-state index is 0.504. The molecule has 0 N–H and O–H groups in total. The van der Waals surface area contributed by atoms with Crippen molar-refractivity contribution in [3.63, 3.8) is 0 Å². The highest BCUT2D eigenvalue weighted by Crippen LogP contribution is 2.31. The van der Waals surface area contributed by atoms with E-state index < -0.39 is 0 Å². The van der Waals surface area contributed by atoms with Crippen LogP contribution in [0.2, 0.25) is 15.1 Å². The molecule has 2 heterocycles. The molecule has 0 spiro atoms. The molecule has 0 fully saturated rings. The van der Waals surface area contributed by atoms with Gasteiger partial charge in [-0.1, -0.05) is 39.5 Å². The molecule has 1 aliphatic rings. The van der Waals surface area contributed by atoms with Gasteiger partial charge in [0.05, 0.1) is 16.6 Å². The fourth-order valence-electron chi connectivity index (χ4n) is 2.06. The summed E-state index contributed by atoms with van der Waals surface area (Å²) in [6.07, 6.45) is 4.06. The summed E-state index contributed by atoms with van der Waals surface area (Å²) < 4.78 is 3.83. The van der Waals surface area contributed by atoms with Crippen LogP contribution in [0.25, 0.3) is 5.69 Å². The Morgan fingerprint density at radius 3 is 2.53 bits per heavy atom. The number of hydrogen-bond acceptors (Lipinski definition) is 1. The third-order valence-corrected chi connectivity index (χ3v) is 3.61. The lowest BCUT2D eigenvalue weighted by Crippen LogP contribution is -2.29. The number of nitrogens with zero attached hydrogens (tertiary/aromatic N) is 3. The Morgan fingerprint density at radius 1 is 1.18 bits per heavy atom. The van der Waals surface area contributed by atoms with Crippen molar-refractivity contribution < 1.29 is 4.57 Å². The Morgan fingerprint density at radius 2 is 1.88 bits per heavy atom. The van der Waals surface area contributed by atoms with Crippen molar-refractivity contribution in [2.75, 3.05) is 0 Å². The monoisotopic (exact) mass is 288 g/mol. The molecule has 1 aromatic carbocycles. The van der Waals surface area contributed by atoms with E-state index in [2.05, 4.69) is 9.67 Å². The van der Waals surface area contributed by atoms with Crippen LogP contribution in [0.1, 0.15) is 12.2 Å². The average Bonchev–Trinajstić information content (AvgIpc) is 2.75. The van der Waals surface area contributed by atoms with Crippen LogP contribution in [0.15, 0.2) is 18.5 Å². The van der Waals surface area contributed by atoms with Gasteiger partial charge in [-0.2, -0.15) is 0 Å². The summed E-state index contributed by atoms with van der Waals surface area (Å²) in [5.41, 5.74) is 0.680. The topological polar surface area (TPSA) is 21.7 Å². The van der Waals surface area contributed by atoms with E-state index in [1.165, 1.54) is 0 Å². The van der Waals surface area contributed by atoms with Gasteiger partial charge in [-0.25, -0.2) is 4.57 Å². The lowest BCUT2D eigenvalue weighted by Gasteiger charge is -2.01. The molecule has 2 aromatic rings. The van der Waals surface area contributed by atoms with Crippen LogP contribution in [0.3, 0.4) is 0 Å². The summed E-state index contributed by atoms with van der Waals surface area (Å²) in [5, 5.41) is 6.01. The minimum atomic E-state index is 0.504. The molecule has 1 aromatic heterocycles. The van der Waals surface area contributed by atoms with Gasteiger partial charge >= 0.3 is 0 Å². The maximum absolute atomic E-state index is 6.15. The number of rotatable bonds is 1. The molecular formula is C11H9Cl3N3+. The summed E-state index contributed by atoms with van der Waals surface area (Å²) >= 11 is 18.2. The number of halogens is 3. The molecular weight excluding hydrogens is 281 g/mol. The first-order valence-corrected chi connectivity index (χ1v) is 6.41. The highest BCUT2D eigenvalue weighted by Gasteiger charge is 2.25. The van der Waals surface area contributed by atoms with E-state index in [0.29, 0.717) is 20.8 Å². The van der Waals surface area contributed by atoms with Crippen LogP contribution in [0.4, 0.5) is 0 Å². The van der Waals surface area contributed by atoms with Crippen molar-refractivity contribution in [2.24, 2.45) is 0 Å². The summed E-state index contributed by atoms with van der Waals surface area (Å²) in [5.74, 6) is 1.06. The number of fused-ring (bicyclic) bond motifs is 1. The minimum Gasteiger partial charge on any atom is -0.234 e. The van der Waals surface area contributed by atoms with Crippen LogP contribution in [-0.4, -0.2) is 9.78 Å². The maximum Gasteiger partial charge on any atom is 0.278 e. The van der Waals surface area contributed by atoms with Crippen molar-refractivity contribution >= 4 is 34.8 Å². The second-order valence-corrected chi connectivity index (χ2v) is 5.24. The van der Waals surface area contributed by atoms with Gasteiger partial charge in [-0.15, -0.1) is 0 Å². The SMILES string of the molecule is Clc1cc(Cl)c(-n2c[n+]3c(n2)CCC3)c(Cl)c1. The standard InChI is InChI=1S/C11H9Cl3N3/c12-7-4-8(13)11(9(14)5-7)17-6-16-3-1-2-10(16)15-17/h4-6H,1-3H2/q+1. The third kappa shape index (κ3) is 1.92. The van der Waals surface area contributed by atoms with Gasteiger partial charge in [0.2, 0.25) is 6.33 Å². The van der Waals surface area contributed by atoms with Crippen LogP contribution in [-0.2, 0) is 13.0 Å². The number of hydrogen-bond donors (Lipinski definition) is 0. The molecule has 0 saturated carbocycles. The largest absolute Gasteiger partial charge is 0.278 e. The maximum atomic E-state index is 6.15. The Kier molecular flexibility index (Phi) is 2.77. The molecule has 0 saturated heterocycles. The molecule has 88 valence electrons. The summed E-state index contributed by atoms with van der Waals surface area (Å²) in [6, 6.07) is 3.34. The van der Waals surface area contributed by atoms with Crippen LogP contribution >= 0.6 is 34.8 Å². The van der Waals surface area contributed by atoms with E-state index >= 15 is 0 Å². The summed E-state index contributed by atoms with van der Waals surface area (Å²) in [4.78, 5) is 0. The van der Waals surface area contributed by atoms with E-state index in [1.807, 2.05) is 6.33 Å². The van der Waals surface area contributed by atoms with E-state index in [1.54, 1.807) is 16.8 Å². The van der Waals surface area contributed by atoms with Gasteiger partial charge in [0, 0.05) is 16.5 Å². The molecule has 1 aliphatic heterocycles. The van der Waals surface area contributed by atoms with E-state index in [4.69, 9.17) is 34.8 Å². The lowest BCUT2D eigenvalue weighted by molar-refractivity contribution is -0.691. The second-order valence-electron chi connectivity index (χ2n) is 3.99. The number of benzene rings is 1. The zero-order chi connectivity index (χ0) is 12.0. The van der Waals surface area contributed by atoms with E-state index in [-0.39, 0.29) is 0 Å². The van der Waals surface area contributed by atoms with E-state index in [0.717, 1.165) is 25.2 Å². The molecule has 0 unspecified atom stereocenters. The normalized spacial score (nSPS) is 14.1. The summed E-state index contributed by atoms with van der Waals surface area (Å²) in [7, 11) is 0. The molecule has 0 aliphatic carbocycles. The highest BCUT2D eigenvalue weighted by atomic mass is 35.5. The fraction of sp³-hybridized carbons (Fsp3) is 0.273. The predicted molar refractivity (Wildman–Crippen MR) is 67.1 cm³/mol. The zero-order valence-corrected chi connectivity index (χ0v) is 11.1. The Labute approximate surface area is 114 Å². The fourth-order valence-corrected chi connectivity index (χ4v) is 3.05. The highest BCUT2D eigenvalue weighted by molar-refractivity contribution is 6.40. The molecule has 0 atom stereocenters. The Bertz CT molecular complexity index is 547. The second kappa shape index (κ2) is 4.16. The molecule has 3 nitrogen and oxygen atoms in total. The third-order valence-electron chi connectivity index (χ3n) is 2.81. The molecule has 6 heteroatoms. The zero-order valence-electron chi connectivity index (χ0n) is 8.83. The van der Waals surface area contributed by atoms with Gasteiger partial charge in [0.1, 0.15) is 0 Å². The lowest BCUT2D eigenvalue weighted by atomic mass is 10.3. The van der Waals surface area contributed by atoms with E-state index in [9.17, 15) is 0 Å². The van der Waals surface area contributed by atoms with Crippen molar-refractivity contribution in [1.29, 1.82) is 0 Å². The molecule has 17 heavy (non-hydrogen) atoms. The van der Waals surface area contributed by atoms with Gasteiger partial charge in [-0.3, -0.25) is 0 Å². The molecule has 0 amide bonds. The molecule has 0 bridgehead atoms.